The van der Waals surface area contributed by atoms with Crippen molar-refractivity contribution in [3.05, 3.63) is 53.7 Å². The second-order valence-electron chi connectivity index (χ2n) is 9.01. The maximum absolute atomic E-state index is 12.8. The smallest absolute Gasteiger partial charge is 0.434 e. The molecule has 5 rings (SSSR count). The van der Waals surface area contributed by atoms with Gasteiger partial charge in [0, 0.05) is 24.2 Å². The molecule has 0 radical (unpaired) electrons. The highest BCUT2D eigenvalue weighted by atomic mass is 16.5. The molecule has 2 aromatic carbocycles. The molecule has 33 heavy (non-hydrogen) atoms. The number of nitrogens with zero attached hydrogens (tertiary/aromatic N) is 3. The number of nitrogens with one attached hydrogen (secondary N) is 2. The number of hydrogen-bond donors (Lipinski definition) is 2. The highest BCUT2D eigenvalue weighted by Gasteiger charge is 2.26. The molecule has 2 heterocycles. The van der Waals surface area contributed by atoms with Crippen molar-refractivity contribution in [2.45, 2.75) is 38.6 Å². The number of urea groups is 1. The van der Waals surface area contributed by atoms with Crippen LogP contribution in [0.1, 0.15) is 43.4 Å². The second kappa shape index (κ2) is 8.77. The monoisotopic (exact) mass is 447 g/mol. The van der Waals surface area contributed by atoms with Gasteiger partial charge in [-0.2, -0.15) is 9.78 Å². The third-order valence-electron chi connectivity index (χ3n) is 6.87. The van der Waals surface area contributed by atoms with E-state index in [-0.39, 0.29) is 12.1 Å². The normalized spacial score (nSPS) is 18.2. The lowest BCUT2D eigenvalue weighted by Crippen LogP contribution is -2.33. The molecule has 1 atom stereocenters. The molecule has 2 amide bonds. The minimum absolute atomic E-state index is 0.0209. The summed E-state index contributed by atoms with van der Waals surface area (Å²) in [5.74, 6) is 0.809. The number of rotatable bonds is 3. The summed E-state index contributed by atoms with van der Waals surface area (Å²) in [6.07, 6.45) is 5.30. The van der Waals surface area contributed by atoms with Gasteiger partial charge in [-0.25, -0.2) is 9.59 Å². The van der Waals surface area contributed by atoms with Gasteiger partial charge in [0.15, 0.2) is 0 Å². The summed E-state index contributed by atoms with van der Waals surface area (Å²) < 4.78 is 5.93. The molecular formula is C25H29N5O3. The predicted molar refractivity (Wildman–Crippen MR) is 128 cm³/mol. The van der Waals surface area contributed by atoms with Gasteiger partial charge in [0.05, 0.1) is 30.6 Å². The van der Waals surface area contributed by atoms with E-state index in [1.165, 1.54) is 41.4 Å². The van der Waals surface area contributed by atoms with Gasteiger partial charge in [0.2, 0.25) is 0 Å². The van der Waals surface area contributed by atoms with Crippen molar-refractivity contribution in [1.29, 1.82) is 0 Å². The van der Waals surface area contributed by atoms with Crippen LogP contribution < -0.4 is 15.5 Å². The van der Waals surface area contributed by atoms with E-state index < -0.39 is 6.09 Å². The molecule has 1 aliphatic heterocycles. The molecule has 1 aromatic heterocycles. The van der Waals surface area contributed by atoms with Crippen LogP contribution >= 0.6 is 0 Å². The molecular weight excluding hydrogens is 418 g/mol. The Morgan fingerprint density at radius 2 is 1.94 bits per heavy atom. The van der Waals surface area contributed by atoms with Crippen molar-refractivity contribution in [3.63, 3.8) is 0 Å². The molecule has 172 valence electrons. The van der Waals surface area contributed by atoms with Crippen molar-refractivity contribution in [2.75, 3.05) is 30.4 Å². The number of carbonyl (C=O) groups excluding carboxylic acids is 2. The number of piperidine rings is 1. The summed E-state index contributed by atoms with van der Waals surface area (Å²) in [6, 6.07) is 11.7. The first kappa shape index (κ1) is 21.3. The summed E-state index contributed by atoms with van der Waals surface area (Å²) in [4.78, 5) is 27.2. The van der Waals surface area contributed by atoms with Crippen LogP contribution in [-0.2, 0) is 11.2 Å². The lowest BCUT2D eigenvalue weighted by molar-refractivity contribution is 0.170. The molecule has 3 aromatic rings. The Hall–Kier alpha value is -3.55. The van der Waals surface area contributed by atoms with Gasteiger partial charge in [-0.15, -0.1) is 0 Å². The van der Waals surface area contributed by atoms with Crippen molar-refractivity contribution in [3.8, 4) is 0 Å². The number of aromatic nitrogens is 2. The lowest BCUT2D eigenvalue weighted by Gasteiger charge is -2.32. The molecule has 1 aliphatic carbocycles. The average molecular weight is 448 g/mol. The van der Waals surface area contributed by atoms with Crippen molar-refractivity contribution >= 4 is 34.4 Å². The van der Waals surface area contributed by atoms with E-state index in [0.29, 0.717) is 16.6 Å². The van der Waals surface area contributed by atoms with Crippen LogP contribution in [0.4, 0.5) is 21.0 Å². The van der Waals surface area contributed by atoms with Crippen LogP contribution in [0.3, 0.4) is 0 Å². The van der Waals surface area contributed by atoms with Crippen LogP contribution in [0, 0.1) is 5.92 Å². The topological polar surface area (TPSA) is 88.5 Å². The first-order valence-corrected chi connectivity index (χ1v) is 11.5. The van der Waals surface area contributed by atoms with Gasteiger partial charge in [0.25, 0.3) is 0 Å². The van der Waals surface area contributed by atoms with Crippen molar-refractivity contribution in [2.24, 2.45) is 5.92 Å². The SMILES string of the molecule is COC(=O)n1ncc2c(NC(=O)NC3CCc4cc(N5CCC(C)CC5)ccc43)cccc21. The molecule has 2 N–H and O–H groups in total. The summed E-state index contributed by atoms with van der Waals surface area (Å²) in [5.41, 5.74) is 4.97. The highest BCUT2D eigenvalue weighted by molar-refractivity contribution is 6.02. The Morgan fingerprint density at radius 3 is 2.73 bits per heavy atom. The fourth-order valence-electron chi connectivity index (χ4n) is 4.93. The number of amides is 2. The van der Waals surface area contributed by atoms with E-state index >= 15 is 0 Å². The lowest BCUT2D eigenvalue weighted by atomic mass is 9.98. The van der Waals surface area contributed by atoms with E-state index in [4.69, 9.17) is 4.74 Å². The molecule has 8 heteroatoms. The largest absolute Gasteiger partial charge is 0.451 e. The number of fused-ring (bicyclic) bond motifs is 2. The molecule has 0 saturated carbocycles. The summed E-state index contributed by atoms with van der Waals surface area (Å²) in [7, 11) is 1.31. The Kier molecular flexibility index (Phi) is 5.66. The van der Waals surface area contributed by atoms with Gasteiger partial charge in [-0.05, 0) is 67.0 Å². The highest BCUT2D eigenvalue weighted by Crippen LogP contribution is 2.35. The van der Waals surface area contributed by atoms with E-state index in [0.717, 1.165) is 31.8 Å². The van der Waals surface area contributed by atoms with Crippen LogP contribution in [0.15, 0.2) is 42.6 Å². The minimum Gasteiger partial charge on any atom is -0.451 e. The van der Waals surface area contributed by atoms with Crippen LogP contribution in [-0.4, -0.2) is 42.1 Å². The zero-order valence-corrected chi connectivity index (χ0v) is 19.0. The van der Waals surface area contributed by atoms with E-state index in [1.807, 2.05) is 0 Å². The number of hydrogen-bond acceptors (Lipinski definition) is 5. The molecule has 0 bridgehead atoms. The first-order chi connectivity index (χ1) is 16.0. The van der Waals surface area contributed by atoms with Crippen LogP contribution in [0.25, 0.3) is 10.9 Å². The average Bonchev–Trinajstić information content (AvgIpc) is 3.44. The van der Waals surface area contributed by atoms with Gasteiger partial charge in [-0.1, -0.05) is 19.1 Å². The number of aryl methyl sites for hydroxylation is 1. The fourth-order valence-corrected chi connectivity index (χ4v) is 4.93. The Balaban J connectivity index is 1.27. The van der Waals surface area contributed by atoms with E-state index in [2.05, 4.69) is 45.8 Å². The summed E-state index contributed by atoms with van der Waals surface area (Å²) in [6.45, 7) is 4.55. The zero-order valence-electron chi connectivity index (χ0n) is 19.0. The number of anilines is 2. The number of ether oxygens (including phenoxy) is 1. The molecule has 8 nitrogen and oxygen atoms in total. The Bertz CT molecular complexity index is 1200. The maximum atomic E-state index is 12.8. The molecule has 1 unspecified atom stereocenters. The van der Waals surface area contributed by atoms with Gasteiger partial charge >= 0.3 is 12.1 Å². The molecule has 2 aliphatic rings. The standard InChI is InChI=1S/C25H29N5O3/c1-16-10-12-29(13-11-16)18-7-8-19-17(14-18)6-9-22(19)28-24(31)27-21-4-3-5-23-20(21)15-26-30(23)25(32)33-2/h3-5,7-8,14-16,22H,6,9-13H2,1-2H3,(H2,27,28,31). The minimum atomic E-state index is -0.576. The number of carbonyl (C=O) groups is 2. The third kappa shape index (κ3) is 4.13. The van der Waals surface area contributed by atoms with Crippen molar-refractivity contribution < 1.29 is 14.3 Å². The second-order valence-corrected chi connectivity index (χ2v) is 9.01. The van der Waals surface area contributed by atoms with Crippen LogP contribution in [0.2, 0.25) is 0 Å². The Morgan fingerprint density at radius 1 is 1.12 bits per heavy atom. The predicted octanol–water partition coefficient (Wildman–Crippen LogP) is 4.70. The summed E-state index contributed by atoms with van der Waals surface area (Å²) in [5, 5.41) is 10.8. The molecule has 1 saturated heterocycles. The zero-order chi connectivity index (χ0) is 22.9. The maximum Gasteiger partial charge on any atom is 0.434 e. The summed E-state index contributed by atoms with van der Waals surface area (Å²) >= 11 is 0. The number of methoxy groups -OCH3 is 1. The fraction of sp³-hybridized carbons (Fsp3) is 0.400. The van der Waals surface area contributed by atoms with E-state index in [9.17, 15) is 9.59 Å². The quantitative estimate of drug-likeness (QED) is 0.608. The van der Waals surface area contributed by atoms with Gasteiger partial charge in [0.1, 0.15) is 0 Å². The third-order valence-corrected chi connectivity index (χ3v) is 6.87. The number of benzene rings is 2. The van der Waals surface area contributed by atoms with Gasteiger partial charge < -0.3 is 20.3 Å². The van der Waals surface area contributed by atoms with E-state index in [1.54, 1.807) is 24.4 Å². The Labute approximate surface area is 192 Å². The van der Waals surface area contributed by atoms with Crippen LogP contribution in [0.5, 0.6) is 0 Å². The first-order valence-electron chi connectivity index (χ1n) is 11.5. The van der Waals surface area contributed by atoms with Crippen molar-refractivity contribution in [1.82, 2.24) is 15.1 Å². The molecule has 1 fully saturated rings. The molecule has 0 spiro atoms. The van der Waals surface area contributed by atoms with Gasteiger partial charge in [-0.3, -0.25) is 0 Å².